The number of hydrogen-bond acceptors (Lipinski definition) is 2. The van der Waals surface area contributed by atoms with Crippen LogP contribution in [-0.4, -0.2) is 8.42 Å². The third-order valence-electron chi connectivity index (χ3n) is 2.79. The van der Waals surface area contributed by atoms with Crippen LogP contribution in [0.5, 0.6) is 0 Å². The molecule has 104 valence electrons. The molecule has 0 aliphatic rings. The zero-order valence-electron chi connectivity index (χ0n) is 10.7. The number of aryl methyl sites for hydroxylation is 1. The molecule has 0 fully saturated rings. The molecule has 0 unspecified atom stereocenters. The van der Waals surface area contributed by atoms with Crippen molar-refractivity contribution in [2.45, 2.75) is 11.8 Å². The van der Waals surface area contributed by atoms with Gasteiger partial charge in [0, 0.05) is 16.0 Å². The van der Waals surface area contributed by atoms with Crippen LogP contribution in [0.4, 0.5) is 4.39 Å². The molecule has 2 aromatic rings. The van der Waals surface area contributed by atoms with Gasteiger partial charge >= 0.3 is 0 Å². The average Bonchev–Trinajstić information content (AvgIpc) is 2.38. The Labute approximate surface area is 122 Å². The van der Waals surface area contributed by atoms with Crippen molar-refractivity contribution < 1.29 is 12.8 Å². The second-order valence-corrected chi connectivity index (χ2v) is 6.52. The molecule has 5 heteroatoms. The van der Waals surface area contributed by atoms with Crippen molar-refractivity contribution in [3.8, 4) is 0 Å². The molecular formula is C15H12ClFO2S. The summed E-state index contributed by atoms with van der Waals surface area (Å²) < 4.78 is 37.9. The monoisotopic (exact) mass is 310 g/mol. The van der Waals surface area contributed by atoms with Crippen LogP contribution in [0.2, 0.25) is 5.02 Å². The summed E-state index contributed by atoms with van der Waals surface area (Å²) >= 11 is 5.64. The minimum atomic E-state index is -3.60. The molecule has 20 heavy (non-hydrogen) atoms. The fourth-order valence-corrected chi connectivity index (χ4v) is 3.16. The van der Waals surface area contributed by atoms with E-state index in [1.54, 1.807) is 25.1 Å². The standard InChI is InChI=1S/C15H12ClFO2S/c1-11-4-2-3-5-15(11)20(18,19)9-8-12-6-7-13(16)10-14(12)17/h2-10H,1H3/b9-8+. The molecule has 0 saturated heterocycles. The third kappa shape index (κ3) is 3.26. The van der Waals surface area contributed by atoms with Gasteiger partial charge in [0.05, 0.1) is 4.90 Å². The number of sulfone groups is 1. The molecule has 0 radical (unpaired) electrons. The first-order valence-corrected chi connectivity index (χ1v) is 7.76. The number of benzene rings is 2. The third-order valence-corrected chi connectivity index (χ3v) is 4.59. The summed E-state index contributed by atoms with van der Waals surface area (Å²) in [5, 5.41) is 1.27. The Morgan fingerprint density at radius 2 is 1.85 bits per heavy atom. The van der Waals surface area contributed by atoms with E-state index in [1.165, 1.54) is 24.3 Å². The van der Waals surface area contributed by atoms with Crippen molar-refractivity contribution in [1.82, 2.24) is 0 Å². The Hall–Kier alpha value is -1.65. The zero-order valence-corrected chi connectivity index (χ0v) is 12.2. The Kier molecular flexibility index (Phi) is 4.26. The van der Waals surface area contributed by atoms with Gasteiger partial charge in [0.25, 0.3) is 0 Å². The van der Waals surface area contributed by atoms with Crippen molar-refractivity contribution >= 4 is 27.5 Å². The summed E-state index contributed by atoms with van der Waals surface area (Å²) in [6.45, 7) is 1.71. The lowest BCUT2D eigenvalue weighted by atomic mass is 10.2. The quantitative estimate of drug-likeness (QED) is 0.850. The molecule has 0 aromatic heterocycles. The van der Waals surface area contributed by atoms with Gasteiger partial charge in [-0.05, 0) is 36.8 Å². The average molecular weight is 311 g/mol. The highest BCUT2D eigenvalue weighted by Crippen LogP contribution is 2.20. The van der Waals surface area contributed by atoms with Gasteiger partial charge in [-0.15, -0.1) is 0 Å². The fraction of sp³-hybridized carbons (Fsp3) is 0.0667. The minimum absolute atomic E-state index is 0.173. The smallest absolute Gasteiger partial charge is 0.200 e. The van der Waals surface area contributed by atoms with Crippen molar-refractivity contribution in [2.24, 2.45) is 0 Å². The lowest BCUT2D eigenvalue weighted by Crippen LogP contribution is -1.98. The van der Waals surface area contributed by atoms with Gasteiger partial charge in [-0.1, -0.05) is 35.9 Å². The summed E-state index contributed by atoms with van der Waals surface area (Å²) in [6.07, 6.45) is 1.23. The number of rotatable bonds is 3. The summed E-state index contributed by atoms with van der Waals surface area (Å²) in [6, 6.07) is 10.7. The predicted molar refractivity (Wildman–Crippen MR) is 78.8 cm³/mol. The molecular weight excluding hydrogens is 299 g/mol. The first-order chi connectivity index (χ1) is 9.40. The van der Waals surface area contributed by atoms with E-state index in [1.807, 2.05) is 0 Å². The van der Waals surface area contributed by atoms with E-state index in [0.717, 1.165) is 11.5 Å². The highest BCUT2D eigenvalue weighted by Gasteiger charge is 2.12. The van der Waals surface area contributed by atoms with Crippen LogP contribution in [0.1, 0.15) is 11.1 Å². The van der Waals surface area contributed by atoms with Crippen LogP contribution < -0.4 is 0 Å². The topological polar surface area (TPSA) is 34.1 Å². The SMILES string of the molecule is Cc1ccccc1S(=O)(=O)/C=C/c1ccc(Cl)cc1F. The van der Waals surface area contributed by atoms with Crippen molar-refractivity contribution in [3.63, 3.8) is 0 Å². The van der Waals surface area contributed by atoms with Crippen molar-refractivity contribution in [1.29, 1.82) is 0 Å². The van der Waals surface area contributed by atoms with Crippen LogP contribution in [0.25, 0.3) is 6.08 Å². The van der Waals surface area contributed by atoms with Gasteiger partial charge in [0.1, 0.15) is 5.82 Å². The molecule has 0 spiro atoms. The maximum atomic E-state index is 13.6. The van der Waals surface area contributed by atoms with E-state index in [9.17, 15) is 12.8 Å². The molecule has 0 saturated carbocycles. The lowest BCUT2D eigenvalue weighted by Gasteiger charge is -2.03. The van der Waals surface area contributed by atoms with Gasteiger partial charge in [-0.25, -0.2) is 12.8 Å². The predicted octanol–water partition coefficient (Wildman–Crippen LogP) is 4.23. The van der Waals surface area contributed by atoms with Crippen LogP contribution in [0.3, 0.4) is 0 Å². The molecule has 2 nitrogen and oxygen atoms in total. The Balaban J connectivity index is 2.38. The van der Waals surface area contributed by atoms with E-state index in [-0.39, 0.29) is 15.5 Å². The first kappa shape index (κ1) is 14.8. The van der Waals surface area contributed by atoms with Crippen LogP contribution >= 0.6 is 11.6 Å². The second kappa shape index (κ2) is 5.77. The molecule has 0 heterocycles. The normalized spacial score (nSPS) is 11.9. The summed E-state index contributed by atoms with van der Waals surface area (Å²) in [5.74, 6) is -0.561. The highest BCUT2D eigenvalue weighted by molar-refractivity contribution is 7.94. The van der Waals surface area contributed by atoms with E-state index >= 15 is 0 Å². The fourth-order valence-electron chi connectivity index (χ4n) is 1.75. The molecule has 0 N–H and O–H groups in total. The molecule has 0 amide bonds. The minimum Gasteiger partial charge on any atom is -0.219 e. The van der Waals surface area contributed by atoms with Crippen LogP contribution in [0.15, 0.2) is 52.8 Å². The Morgan fingerprint density at radius 1 is 1.15 bits per heavy atom. The van der Waals surface area contributed by atoms with E-state index < -0.39 is 15.7 Å². The van der Waals surface area contributed by atoms with Gasteiger partial charge in [0.15, 0.2) is 9.84 Å². The summed E-state index contributed by atoms with van der Waals surface area (Å²) in [5.41, 5.74) is 0.820. The molecule has 2 rings (SSSR count). The molecule has 0 aliphatic carbocycles. The van der Waals surface area contributed by atoms with Crippen LogP contribution in [-0.2, 0) is 9.84 Å². The largest absolute Gasteiger partial charge is 0.219 e. The summed E-state index contributed by atoms with van der Waals surface area (Å²) in [7, 11) is -3.60. The van der Waals surface area contributed by atoms with Gasteiger partial charge in [-0.3, -0.25) is 0 Å². The second-order valence-electron chi connectivity index (χ2n) is 4.28. The van der Waals surface area contributed by atoms with Gasteiger partial charge < -0.3 is 0 Å². The summed E-state index contributed by atoms with van der Waals surface area (Å²) in [4.78, 5) is 0.214. The van der Waals surface area contributed by atoms with Gasteiger partial charge in [0.2, 0.25) is 0 Å². The first-order valence-electron chi connectivity index (χ1n) is 5.84. The Bertz CT molecular complexity index is 767. The van der Waals surface area contributed by atoms with E-state index in [0.29, 0.717) is 5.56 Å². The zero-order chi connectivity index (χ0) is 14.8. The van der Waals surface area contributed by atoms with Crippen molar-refractivity contribution in [2.75, 3.05) is 0 Å². The molecule has 0 atom stereocenters. The lowest BCUT2D eigenvalue weighted by molar-refractivity contribution is 0.604. The van der Waals surface area contributed by atoms with E-state index in [2.05, 4.69) is 0 Å². The van der Waals surface area contributed by atoms with Crippen molar-refractivity contribution in [3.05, 3.63) is 69.8 Å². The highest BCUT2D eigenvalue weighted by atomic mass is 35.5. The molecule has 0 aliphatic heterocycles. The molecule has 0 bridgehead atoms. The molecule has 2 aromatic carbocycles. The maximum absolute atomic E-state index is 13.6. The number of halogens is 2. The van der Waals surface area contributed by atoms with E-state index in [4.69, 9.17) is 11.6 Å². The Morgan fingerprint density at radius 3 is 2.50 bits per heavy atom. The number of hydrogen-bond donors (Lipinski definition) is 0. The maximum Gasteiger partial charge on any atom is 0.200 e. The van der Waals surface area contributed by atoms with Gasteiger partial charge in [-0.2, -0.15) is 0 Å². The van der Waals surface area contributed by atoms with Crippen LogP contribution in [0, 0.1) is 12.7 Å².